The van der Waals surface area contributed by atoms with Gasteiger partial charge in [0, 0.05) is 49.1 Å². The van der Waals surface area contributed by atoms with Gasteiger partial charge in [0.2, 0.25) is 0 Å². The molecule has 0 aliphatic carbocycles. The number of halogens is 3. The van der Waals surface area contributed by atoms with Gasteiger partial charge in [0.05, 0.1) is 5.56 Å². The molecule has 3 N–H and O–H groups in total. The molecule has 6 nitrogen and oxygen atoms in total. The molecule has 1 saturated heterocycles. The number of aromatic hydroxyl groups is 1. The van der Waals surface area contributed by atoms with Crippen molar-refractivity contribution in [3.05, 3.63) is 59.2 Å². The number of piperazine rings is 1. The first-order chi connectivity index (χ1) is 12.8. The van der Waals surface area contributed by atoms with Crippen LogP contribution >= 0.6 is 12.4 Å². The SMILES string of the molecule is C[C@@H]1CN(C(=O)c2ccc(NC(=O)c3cc(F)cc(F)c3)cc2O)CCN1.Cl. The summed E-state index contributed by atoms with van der Waals surface area (Å²) in [5.74, 6) is -3.05. The summed E-state index contributed by atoms with van der Waals surface area (Å²) >= 11 is 0. The van der Waals surface area contributed by atoms with Crippen molar-refractivity contribution in [1.82, 2.24) is 10.2 Å². The van der Waals surface area contributed by atoms with Crippen molar-refractivity contribution in [3.63, 3.8) is 0 Å². The molecule has 1 atom stereocenters. The molecule has 1 aliphatic heterocycles. The van der Waals surface area contributed by atoms with Gasteiger partial charge in [0.1, 0.15) is 17.4 Å². The van der Waals surface area contributed by atoms with Crippen molar-refractivity contribution in [2.24, 2.45) is 0 Å². The smallest absolute Gasteiger partial charge is 0.257 e. The van der Waals surface area contributed by atoms with Crippen molar-refractivity contribution in [2.45, 2.75) is 13.0 Å². The van der Waals surface area contributed by atoms with E-state index in [4.69, 9.17) is 0 Å². The van der Waals surface area contributed by atoms with Gasteiger partial charge in [-0.05, 0) is 31.2 Å². The first-order valence-corrected chi connectivity index (χ1v) is 8.46. The zero-order valence-corrected chi connectivity index (χ0v) is 15.9. The van der Waals surface area contributed by atoms with Gasteiger partial charge in [-0.2, -0.15) is 0 Å². The Morgan fingerprint density at radius 2 is 1.86 bits per heavy atom. The molecule has 9 heteroatoms. The molecule has 0 saturated carbocycles. The Balaban J connectivity index is 0.00000280. The van der Waals surface area contributed by atoms with Crippen LogP contribution in [-0.4, -0.2) is 47.5 Å². The van der Waals surface area contributed by atoms with Crippen molar-refractivity contribution >= 4 is 29.9 Å². The molecule has 0 spiro atoms. The van der Waals surface area contributed by atoms with Gasteiger partial charge < -0.3 is 20.6 Å². The number of nitrogens with one attached hydrogen (secondary N) is 2. The van der Waals surface area contributed by atoms with E-state index in [1.807, 2.05) is 6.92 Å². The normalized spacial score (nSPS) is 16.2. The van der Waals surface area contributed by atoms with Gasteiger partial charge in [-0.15, -0.1) is 12.4 Å². The Morgan fingerprint density at radius 3 is 2.46 bits per heavy atom. The van der Waals surface area contributed by atoms with Gasteiger partial charge in [0.25, 0.3) is 11.8 Å². The molecule has 0 bridgehead atoms. The fraction of sp³-hybridized carbons (Fsp3) is 0.263. The zero-order valence-electron chi connectivity index (χ0n) is 15.0. The second-order valence-electron chi connectivity index (χ2n) is 6.45. The number of benzene rings is 2. The summed E-state index contributed by atoms with van der Waals surface area (Å²) in [6.45, 7) is 3.70. The van der Waals surface area contributed by atoms with Crippen molar-refractivity contribution in [2.75, 3.05) is 25.0 Å². The van der Waals surface area contributed by atoms with Crippen LogP contribution in [0.15, 0.2) is 36.4 Å². The summed E-state index contributed by atoms with van der Waals surface area (Å²) in [5.41, 5.74) is 0.133. The van der Waals surface area contributed by atoms with Gasteiger partial charge in [-0.1, -0.05) is 0 Å². The maximum absolute atomic E-state index is 13.2. The van der Waals surface area contributed by atoms with Crippen molar-refractivity contribution in [1.29, 1.82) is 0 Å². The van der Waals surface area contributed by atoms with Crippen molar-refractivity contribution in [3.8, 4) is 5.75 Å². The first-order valence-electron chi connectivity index (χ1n) is 8.46. The molecule has 150 valence electrons. The number of hydrogen-bond acceptors (Lipinski definition) is 4. The van der Waals surface area contributed by atoms with E-state index < -0.39 is 17.5 Å². The van der Waals surface area contributed by atoms with Gasteiger partial charge in [-0.3, -0.25) is 9.59 Å². The Bertz CT molecular complexity index is 874. The van der Waals surface area contributed by atoms with Crippen LogP contribution in [0.5, 0.6) is 5.75 Å². The molecule has 2 aromatic rings. The molecule has 2 amide bonds. The topological polar surface area (TPSA) is 81.7 Å². The number of carbonyl (C=O) groups is 2. The van der Waals surface area contributed by atoms with E-state index in [2.05, 4.69) is 10.6 Å². The highest BCUT2D eigenvalue weighted by atomic mass is 35.5. The minimum atomic E-state index is -0.866. The molecule has 1 aliphatic rings. The first kappa shape index (κ1) is 21.6. The largest absolute Gasteiger partial charge is 0.507 e. The minimum Gasteiger partial charge on any atom is -0.507 e. The fourth-order valence-corrected chi connectivity index (χ4v) is 2.97. The second-order valence-corrected chi connectivity index (χ2v) is 6.45. The van der Waals surface area contributed by atoms with Crippen LogP contribution in [0.1, 0.15) is 27.6 Å². The van der Waals surface area contributed by atoms with E-state index in [1.165, 1.54) is 18.2 Å². The van der Waals surface area contributed by atoms with E-state index in [-0.39, 0.29) is 46.9 Å². The summed E-state index contributed by atoms with van der Waals surface area (Å²) in [6.07, 6.45) is 0. The molecule has 1 heterocycles. The number of anilines is 1. The molecular weight excluding hydrogens is 392 g/mol. The van der Waals surface area contributed by atoms with Crippen molar-refractivity contribution < 1.29 is 23.5 Å². The van der Waals surface area contributed by atoms with E-state index >= 15 is 0 Å². The standard InChI is InChI=1S/C19H19F2N3O3.ClH/c1-11-10-24(5-4-22-11)19(27)16-3-2-15(9-17(16)25)23-18(26)12-6-13(20)8-14(21)7-12;/h2-3,6-9,11,22,25H,4-5,10H2,1H3,(H,23,26);1H/t11-;/m1./s1. The lowest BCUT2D eigenvalue weighted by atomic mass is 10.1. The number of hydrogen-bond donors (Lipinski definition) is 3. The highest BCUT2D eigenvalue weighted by molar-refractivity contribution is 6.05. The Labute approximate surface area is 166 Å². The molecule has 1 fully saturated rings. The molecule has 0 radical (unpaired) electrons. The lowest BCUT2D eigenvalue weighted by Gasteiger charge is -2.32. The van der Waals surface area contributed by atoms with Gasteiger partial charge in [-0.25, -0.2) is 8.78 Å². The Hall–Kier alpha value is -2.71. The monoisotopic (exact) mass is 411 g/mol. The van der Waals surface area contributed by atoms with E-state index in [0.717, 1.165) is 12.1 Å². The maximum atomic E-state index is 13.2. The summed E-state index contributed by atoms with van der Waals surface area (Å²) in [7, 11) is 0. The average Bonchev–Trinajstić information content (AvgIpc) is 2.60. The average molecular weight is 412 g/mol. The van der Waals surface area contributed by atoms with Crippen LogP contribution in [-0.2, 0) is 0 Å². The number of carbonyl (C=O) groups excluding carboxylic acids is 2. The summed E-state index contributed by atoms with van der Waals surface area (Å²) < 4.78 is 26.5. The van der Waals surface area contributed by atoms with E-state index in [0.29, 0.717) is 25.7 Å². The van der Waals surface area contributed by atoms with Crippen LogP contribution in [0.2, 0.25) is 0 Å². The third-order valence-electron chi connectivity index (χ3n) is 4.27. The number of phenols is 1. The number of nitrogens with zero attached hydrogens (tertiary/aromatic N) is 1. The fourth-order valence-electron chi connectivity index (χ4n) is 2.97. The number of rotatable bonds is 3. The Kier molecular flexibility index (Phi) is 6.93. The lowest BCUT2D eigenvalue weighted by Crippen LogP contribution is -2.51. The number of phenolic OH excluding ortho intramolecular Hbond substituents is 1. The summed E-state index contributed by atoms with van der Waals surface area (Å²) in [6, 6.07) is 6.73. The lowest BCUT2D eigenvalue weighted by molar-refractivity contribution is 0.0706. The molecule has 2 aromatic carbocycles. The van der Waals surface area contributed by atoms with E-state index in [9.17, 15) is 23.5 Å². The van der Waals surface area contributed by atoms with Crippen LogP contribution in [0.25, 0.3) is 0 Å². The molecule has 0 aromatic heterocycles. The molecule has 28 heavy (non-hydrogen) atoms. The zero-order chi connectivity index (χ0) is 19.6. The summed E-state index contributed by atoms with van der Waals surface area (Å²) in [4.78, 5) is 26.3. The second kappa shape index (κ2) is 8.99. The predicted octanol–water partition coefficient (Wildman–Crippen LogP) is 2.78. The van der Waals surface area contributed by atoms with E-state index in [1.54, 1.807) is 4.90 Å². The third kappa shape index (κ3) is 4.96. The minimum absolute atomic E-state index is 0. The molecular formula is C19H20ClF2N3O3. The van der Waals surface area contributed by atoms with Crippen LogP contribution in [0, 0.1) is 11.6 Å². The highest BCUT2D eigenvalue weighted by Gasteiger charge is 2.24. The highest BCUT2D eigenvalue weighted by Crippen LogP contribution is 2.24. The number of amides is 2. The predicted molar refractivity (Wildman–Crippen MR) is 103 cm³/mol. The van der Waals surface area contributed by atoms with Gasteiger partial charge >= 0.3 is 0 Å². The Morgan fingerprint density at radius 1 is 1.18 bits per heavy atom. The van der Waals surface area contributed by atoms with Crippen LogP contribution in [0.4, 0.5) is 14.5 Å². The maximum Gasteiger partial charge on any atom is 0.257 e. The van der Waals surface area contributed by atoms with Gasteiger partial charge in [0.15, 0.2) is 0 Å². The van der Waals surface area contributed by atoms with Crippen LogP contribution in [0.3, 0.4) is 0 Å². The van der Waals surface area contributed by atoms with Crippen LogP contribution < -0.4 is 10.6 Å². The summed E-state index contributed by atoms with van der Waals surface area (Å²) in [5, 5.41) is 15.9. The molecule has 3 rings (SSSR count). The quantitative estimate of drug-likeness (QED) is 0.725. The molecule has 0 unspecified atom stereocenters. The third-order valence-corrected chi connectivity index (χ3v) is 4.27.